The van der Waals surface area contributed by atoms with Crippen molar-refractivity contribution >= 4 is 0 Å². The molecule has 0 N–H and O–H groups in total. The van der Waals surface area contributed by atoms with E-state index in [4.69, 9.17) is 0 Å². The molecular weight excluding hydrogens is 216 g/mol. The molecule has 0 amide bonds. The van der Waals surface area contributed by atoms with Crippen LogP contribution in [-0.4, -0.2) is 0 Å². The molecule has 108 valence electrons. The molecule has 0 aromatic carbocycles. The third kappa shape index (κ3) is 6.25. The van der Waals surface area contributed by atoms with Crippen molar-refractivity contribution in [3.63, 3.8) is 0 Å². The molecule has 0 unspecified atom stereocenters. The Balaban J connectivity index is 2.32. The maximum atomic E-state index is 2.44. The zero-order valence-corrected chi connectivity index (χ0v) is 13.2. The van der Waals surface area contributed by atoms with E-state index < -0.39 is 0 Å². The lowest BCUT2D eigenvalue weighted by atomic mass is 9.73. The summed E-state index contributed by atoms with van der Waals surface area (Å²) in [7, 11) is 0. The van der Waals surface area contributed by atoms with E-state index in [1.165, 1.54) is 77.0 Å². The number of hydrogen-bond acceptors (Lipinski definition) is 0. The topological polar surface area (TPSA) is 0 Å². The van der Waals surface area contributed by atoms with Gasteiger partial charge in [-0.05, 0) is 30.6 Å². The van der Waals surface area contributed by atoms with Crippen LogP contribution in [0.3, 0.4) is 0 Å². The average Bonchev–Trinajstić information content (AvgIpc) is 2.38. The minimum absolute atomic E-state index is 1.01. The van der Waals surface area contributed by atoms with Gasteiger partial charge in [-0.2, -0.15) is 0 Å². The standard InChI is InChI=1S/C18H36/c1-4-6-8-10-17(11-9-7-5-2)18-14-12-16(3)13-15-18/h16-18H,4-15H2,1-3H3. The van der Waals surface area contributed by atoms with Crippen LogP contribution in [0.15, 0.2) is 0 Å². The zero-order valence-electron chi connectivity index (χ0n) is 13.2. The highest BCUT2D eigenvalue weighted by Gasteiger charge is 2.25. The molecule has 1 aliphatic carbocycles. The van der Waals surface area contributed by atoms with Gasteiger partial charge >= 0.3 is 0 Å². The maximum Gasteiger partial charge on any atom is -0.0386 e. The summed E-state index contributed by atoms with van der Waals surface area (Å²) >= 11 is 0. The molecule has 1 saturated carbocycles. The second-order valence-corrected chi connectivity index (χ2v) is 6.77. The molecular formula is C18H36. The SMILES string of the molecule is CCCCCC(CCCCC)C1CCC(C)CC1. The summed E-state index contributed by atoms with van der Waals surface area (Å²) in [5.41, 5.74) is 0. The van der Waals surface area contributed by atoms with E-state index in [1.807, 2.05) is 0 Å². The van der Waals surface area contributed by atoms with Crippen molar-refractivity contribution in [2.75, 3.05) is 0 Å². The lowest BCUT2D eigenvalue weighted by Gasteiger charge is -2.33. The lowest BCUT2D eigenvalue weighted by molar-refractivity contribution is 0.188. The second kappa shape index (κ2) is 9.87. The summed E-state index contributed by atoms with van der Waals surface area (Å²) in [4.78, 5) is 0. The van der Waals surface area contributed by atoms with Crippen molar-refractivity contribution < 1.29 is 0 Å². The van der Waals surface area contributed by atoms with Crippen LogP contribution in [0.1, 0.15) is 97.8 Å². The largest absolute Gasteiger partial charge is 0.0654 e. The highest BCUT2D eigenvalue weighted by molar-refractivity contribution is 4.76. The van der Waals surface area contributed by atoms with Crippen LogP contribution in [0.2, 0.25) is 0 Å². The molecule has 1 rings (SSSR count). The number of unbranched alkanes of at least 4 members (excludes halogenated alkanes) is 4. The Morgan fingerprint density at radius 3 is 1.72 bits per heavy atom. The van der Waals surface area contributed by atoms with Gasteiger partial charge in [-0.15, -0.1) is 0 Å². The Morgan fingerprint density at radius 2 is 1.28 bits per heavy atom. The van der Waals surface area contributed by atoms with Gasteiger partial charge < -0.3 is 0 Å². The predicted octanol–water partition coefficient (Wildman–Crippen LogP) is 6.59. The quantitative estimate of drug-likeness (QED) is 0.406. The molecule has 0 aliphatic heterocycles. The van der Waals surface area contributed by atoms with Crippen molar-refractivity contribution in [1.29, 1.82) is 0 Å². The first-order valence-electron chi connectivity index (χ1n) is 8.77. The minimum Gasteiger partial charge on any atom is -0.0654 e. The molecule has 0 nitrogen and oxygen atoms in total. The molecule has 0 atom stereocenters. The van der Waals surface area contributed by atoms with E-state index in [9.17, 15) is 0 Å². The number of rotatable bonds is 9. The molecule has 0 spiro atoms. The lowest BCUT2D eigenvalue weighted by Crippen LogP contribution is -2.21. The minimum atomic E-state index is 1.01. The van der Waals surface area contributed by atoms with Crippen LogP contribution < -0.4 is 0 Å². The summed E-state index contributed by atoms with van der Waals surface area (Å²) in [5, 5.41) is 0. The molecule has 0 aromatic heterocycles. The average molecular weight is 252 g/mol. The van der Waals surface area contributed by atoms with Gasteiger partial charge in [-0.25, -0.2) is 0 Å². The normalized spacial score (nSPS) is 24.7. The zero-order chi connectivity index (χ0) is 13.2. The first kappa shape index (κ1) is 16.1. The van der Waals surface area contributed by atoms with Crippen molar-refractivity contribution in [2.45, 2.75) is 97.8 Å². The molecule has 0 aromatic rings. The van der Waals surface area contributed by atoms with Crippen molar-refractivity contribution in [2.24, 2.45) is 17.8 Å². The Bertz CT molecular complexity index is 166. The third-order valence-electron chi connectivity index (χ3n) is 5.08. The third-order valence-corrected chi connectivity index (χ3v) is 5.08. The smallest absolute Gasteiger partial charge is 0.0386 e. The van der Waals surface area contributed by atoms with Crippen molar-refractivity contribution in [1.82, 2.24) is 0 Å². The van der Waals surface area contributed by atoms with E-state index in [1.54, 1.807) is 0 Å². The Kier molecular flexibility index (Phi) is 8.80. The van der Waals surface area contributed by atoms with Gasteiger partial charge in [-0.1, -0.05) is 85.0 Å². The van der Waals surface area contributed by atoms with Gasteiger partial charge in [0, 0.05) is 0 Å². The van der Waals surface area contributed by atoms with E-state index in [-0.39, 0.29) is 0 Å². The van der Waals surface area contributed by atoms with Crippen LogP contribution in [0, 0.1) is 17.8 Å². The van der Waals surface area contributed by atoms with E-state index >= 15 is 0 Å². The second-order valence-electron chi connectivity index (χ2n) is 6.77. The molecule has 0 saturated heterocycles. The molecule has 0 heteroatoms. The summed E-state index contributed by atoms with van der Waals surface area (Å²) in [6.07, 6.45) is 17.7. The Morgan fingerprint density at radius 1 is 0.778 bits per heavy atom. The van der Waals surface area contributed by atoms with Crippen LogP contribution in [0.5, 0.6) is 0 Å². The van der Waals surface area contributed by atoms with Gasteiger partial charge in [0.05, 0.1) is 0 Å². The van der Waals surface area contributed by atoms with E-state index in [0.717, 1.165) is 17.8 Å². The fraction of sp³-hybridized carbons (Fsp3) is 1.00. The Labute approximate surface area is 116 Å². The monoisotopic (exact) mass is 252 g/mol. The molecule has 1 aliphatic rings. The van der Waals surface area contributed by atoms with Crippen molar-refractivity contribution in [3.8, 4) is 0 Å². The van der Waals surface area contributed by atoms with Gasteiger partial charge in [0.25, 0.3) is 0 Å². The Hall–Kier alpha value is 0. The molecule has 0 heterocycles. The predicted molar refractivity (Wildman–Crippen MR) is 82.9 cm³/mol. The summed E-state index contributed by atoms with van der Waals surface area (Å²) < 4.78 is 0. The summed E-state index contributed by atoms with van der Waals surface area (Å²) in [6, 6.07) is 0. The summed E-state index contributed by atoms with van der Waals surface area (Å²) in [6.45, 7) is 7.10. The first-order valence-corrected chi connectivity index (χ1v) is 8.77. The summed E-state index contributed by atoms with van der Waals surface area (Å²) in [5.74, 6) is 3.15. The van der Waals surface area contributed by atoms with Crippen LogP contribution >= 0.6 is 0 Å². The van der Waals surface area contributed by atoms with Crippen molar-refractivity contribution in [3.05, 3.63) is 0 Å². The molecule has 0 bridgehead atoms. The van der Waals surface area contributed by atoms with Gasteiger partial charge in [0.1, 0.15) is 0 Å². The molecule has 18 heavy (non-hydrogen) atoms. The maximum absolute atomic E-state index is 2.44. The highest BCUT2D eigenvalue weighted by Crippen LogP contribution is 2.37. The van der Waals surface area contributed by atoms with Gasteiger partial charge in [0.15, 0.2) is 0 Å². The molecule has 0 radical (unpaired) electrons. The fourth-order valence-electron chi connectivity index (χ4n) is 3.69. The number of hydrogen-bond donors (Lipinski definition) is 0. The van der Waals surface area contributed by atoms with Gasteiger partial charge in [-0.3, -0.25) is 0 Å². The van der Waals surface area contributed by atoms with Gasteiger partial charge in [0.2, 0.25) is 0 Å². The molecule has 1 fully saturated rings. The fourth-order valence-corrected chi connectivity index (χ4v) is 3.69. The highest BCUT2D eigenvalue weighted by atomic mass is 14.3. The van der Waals surface area contributed by atoms with Crippen LogP contribution in [0.4, 0.5) is 0 Å². The van der Waals surface area contributed by atoms with Crippen LogP contribution in [-0.2, 0) is 0 Å². The first-order chi connectivity index (χ1) is 8.77. The van der Waals surface area contributed by atoms with E-state index in [0.29, 0.717) is 0 Å². The van der Waals surface area contributed by atoms with Crippen LogP contribution in [0.25, 0.3) is 0 Å². The van der Waals surface area contributed by atoms with E-state index in [2.05, 4.69) is 20.8 Å².